The van der Waals surface area contributed by atoms with E-state index in [4.69, 9.17) is 25.7 Å². The molecule has 5 N–H and O–H groups in total. The van der Waals surface area contributed by atoms with Crippen LogP contribution in [0.15, 0.2) is 29.4 Å². The van der Waals surface area contributed by atoms with Gasteiger partial charge in [0, 0.05) is 19.9 Å². The molecular weight excluding hydrogens is 516 g/mol. The number of ether oxygens (including phenoxy) is 3. The molecule has 0 saturated heterocycles. The van der Waals surface area contributed by atoms with Gasteiger partial charge in [-0.05, 0) is 32.0 Å². The molecule has 0 fully saturated rings. The highest BCUT2D eigenvalue weighted by molar-refractivity contribution is 5.90. The van der Waals surface area contributed by atoms with Crippen molar-refractivity contribution in [1.82, 2.24) is 19.5 Å². The number of hydrogen-bond acceptors (Lipinski definition) is 10. The molecule has 0 spiro atoms. The van der Waals surface area contributed by atoms with Gasteiger partial charge in [-0.2, -0.15) is 13.2 Å². The van der Waals surface area contributed by atoms with Crippen molar-refractivity contribution >= 4 is 34.7 Å². The van der Waals surface area contributed by atoms with E-state index in [1.54, 1.807) is 23.9 Å². The van der Waals surface area contributed by atoms with Crippen molar-refractivity contribution in [2.75, 3.05) is 31.4 Å². The van der Waals surface area contributed by atoms with Gasteiger partial charge >= 0.3 is 12.3 Å². The van der Waals surface area contributed by atoms with Crippen LogP contribution in [0.5, 0.6) is 5.88 Å². The smallest absolute Gasteiger partial charge is 0.387 e. The molecule has 1 amide bonds. The first-order valence-corrected chi connectivity index (χ1v) is 11.1. The number of nitrogens with two attached hydrogens (primary N) is 2. The first-order valence-electron chi connectivity index (χ1n) is 11.1. The third kappa shape index (κ3) is 4.91. The quantitative estimate of drug-likeness (QED) is 0.399. The predicted octanol–water partition coefficient (Wildman–Crippen LogP) is 2.73. The molecule has 16 heteroatoms. The van der Waals surface area contributed by atoms with Crippen LogP contribution >= 0.6 is 0 Å². The second-order valence-corrected chi connectivity index (χ2v) is 8.76. The summed E-state index contributed by atoms with van der Waals surface area (Å²) >= 11 is 0. The maximum absolute atomic E-state index is 14.7. The number of aromatic nitrogens is 4. The van der Waals surface area contributed by atoms with E-state index in [0.717, 1.165) is 19.1 Å². The molecule has 38 heavy (non-hydrogen) atoms. The van der Waals surface area contributed by atoms with Crippen LogP contribution in [0.3, 0.4) is 0 Å². The van der Waals surface area contributed by atoms with E-state index >= 15 is 0 Å². The molecular formula is C22H24F4N8O4. The normalized spacial score (nSPS) is 21.8. The molecule has 0 aromatic carbocycles. The van der Waals surface area contributed by atoms with E-state index in [9.17, 15) is 22.4 Å². The molecule has 4 rings (SSSR count). The van der Waals surface area contributed by atoms with Gasteiger partial charge in [0.15, 0.2) is 11.5 Å². The number of amides is 1. The summed E-state index contributed by atoms with van der Waals surface area (Å²) in [4.78, 5) is 28.8. The Balaban J connectivity index is 1.54. The topological polar surface area (TPSA) is 165 Å². The molecule has 204 valence electrons. The van der Waals surface area contributed by atoms with Gasteiger partial charge in [-0.25, -0.2) is 24.1 Å². The second kappa shape index (κ2) is 9.68. The van der Waals surface area contributed by atoms with E-state index in [0.29, 0.717) is 24.3 Å². The second-order valence-electron chi connectivity index (χ2n) is 8.76. The van der Waals surface area contributed by atoms with Crippen molar-refractivity contribution in [3.05, 3.63) is 35.9 Å². The Hall–Kier alpha value is -4.05. The number of anilines is 2. The van der Waals surface area contributed by atoms with Gasteiger partial charge in [0.25, 0.3) is 5.88 Å². The number of methoxy groups -OCH3 is 1. The fourth-order valence-electron chi connectivity index (χ4n) is 3.65. The fraction of sp³-hybridized carbons (Fsp3) is 0.409. The third-order valence-corrected chi connectivity index (χ3v) is 5.93. The van der Waals surface area contributed by atoms with Gasteiger partial charge in [-0.15, -0.1) is 0 Å². The van der Waals surface area contributed by atoms with E-state index in [-0.39, 0.29) is 17.5 Å². The van der Waals surface area contributed by atoms with E-state index < -0.39 is 47.4 Å². The zero-order valence-corrected chi connectivity index (χ0v) is 20.5. The summed E-state index contributed by atoms with van der Waals surface area (Å²) in [6.45, 7) is 2.28. The summed E-state index contributed by atoms with van der Waals surface area (Å²) in [7, 11) is 1.56. The Morgan fingerprint density at radius 3 is 2.61 bits per heavy atom. The Bertz CT molecular complexity index is 1410. The number of alkyl halides is 3. The largest absolute Gasteiger partial charge is 0.424 e. The van der Waals surface area contributed by atoms with Crippen molar-refractivity contribution in [3.8, 4) is 5.88 Å². The van der Waals surface area contributed by atoms with E-state index in [1.165, 1.54) is 6.92 Å². The number of nitrogens with zero attached hydrogens (tertiary/aromatic N) is 5. The highest BCUT2D eigenvalue weighted by atomic mass is 19.4. The van der Waals surface area contributed by atoms with Gasteiger partial charge in [0.1, 0.15) is 34.2 Å². The summed E-state index contributed by atoms with van der Waals surface area (Å²) < 4.78 is 71.8. The molecule has 3 aromatic rings. The SMILES string of the molecule is COCCn1ccc2nc(OC(=O)Nc3ccc(F)c([C@]4(C)CO[C@@](C)(C(F)(F)F)C(N)=N4)n3)c(N)nc21. The van der Waals surface area contributed by atoms with Gasteiger partial charge in [-0.1, -0.05) is 0 Å². The van der Waals surface area contributed by atoms with Crippen molar-refractivity contribution in [2.24, 2.45) is 10.7 Å². The lowest BCUT2D eigenvalue weighted by atomic mass is 9.93. The van der Waals surface area contributed by atoms with Crippen LogP contribution in [-0.2, 0) is 21.6 Å². The van der Waals surface area contributed by atoms with Crippen molar-refractivity contribution in [2.45, 2.75) is 37.7 Å². The average molecular weight is 540 g/mol. The summed E-state index contributed by atoms with van der Waals surface area (Å²) in [6, 6.07) is 3.72. The highest BCUT2D eigenvalue weighted by Gasteiger charge is 2.59. The molecule has 1 aliphatic rings. The number of carbonyl (C=O) groups is 1. The van der Waals surface area contributed by atoms with Crippen LogP contribution in [0.1, 0.15) is 19.5 Å². The number of amidine groups is 1. The number of fused-ring (bicyclic) bond motifs is 1. The Labute approximate surface area is 213 Å². The number of carbonyl (C=O) groups excluding carboxylic acids is 1. The molecule has 12 nitrogen and oxygen atoms in total. The number of rotatable bonds is 6. The van der Waals surface area contributed by atoms with Crippen LogP contribution in [-0.4, -0.2) is 63.5 Å². The Morgan fingerprint density at radius 2 is 1.95 bits per heavy atom. The number of pyridine rings is 1. The first-order chi connectivity index (χ1) is 17.8. The van der Waals surface area contributed by atoms with Crippen LogP contribution in [0.25, 0.3) is 11.2 Å². The first kappa shape index (κ1) is 27.0. The van der Waals surface area contributed by atoms with Gasteiger partial charge in [-0.3, -0.25) is 10.3 Å². The molecule has 2 atom stereocenters. The summed E-state index contributed by atoms with van der Waals surface area (Å²) in [5.74, 6) is -2.43. The van der Waals surface area contributed by atoms with Crippen molar-refractivity contribution < 1.29 is 36.6 Å². The zero-order chi connectivity index (χ0) is 27.9. The molecule has 4 heterocycles. The Morgan fingerprint density at radius 1 is 1.21 bits per heavy atom. The van der Waals surface area contributed by atoms with E-state index in [2.05, 4.69) is 25.3 Å². The number of nitrogen functional groups attached to an aromatic ring is 1. The fourth-order valence-corrected chi connectivity index (χ4v) is 3.65. The zero-order valence-electron chi connectivity index (χ0n) is 20.5. The maximum Gasteiger partial charge on any atom is 0.424 e. The minimum atomic E-state index is -4.85. The predicted molar refractivity (Wildman–Crippen MR) is 127 cm³/mol. The molecule has 3 aromatic heterocycles. The van der Waals surface area contributed by atoms with Crippen LogP contribution < -0.4 is 21.5 Å². The Kier molecular flexibility index (Phi) is 6.88. The number of hydrogen-bond donors (Lipinski definition) is 3. The molecule has 0 aliphatic carbocycles. The molecule has 0 unspecified atom stereocenters. The molecule has 0 bridgehead atoms. The lowest BCUT2D eigenvalue weighted by molar-refractivity contribution is -0.249. The summed E-state index contributed by atoms with van der Waals surface area (Å²) in [6.07, 6.45) is -4.20. The van der Waals surface area contributed by atoms with Gasteiger partial charge in [0.05, 0.1) is 13.2 Å². The number of halogens is 4. The molecule has 0 saturated carbocycles. The minimum Gasteiger partial charge on any atom is -0.387 e. The summed E-state index contributed by atoms with van der Waals surface area (Å²) in [5, 5.41) is 2.29. The van der Waals surface area contributed by atoms with E-state index in [1.807, 2.05) is 0 Å². The van der Waals surface area contributed by atoms with Gasteiger partial charge < -0.3 is 30.2 Å². The monoisotopic (exact) mass is 540 g/mol. The minimum absolute atomic E-state index is 0.165. The third-order valence-electron chi connectivity index (χ3n) is 5.93. The lowest BCUT2D eigenvalue weighted by Gasteiger charge is -2.40. The number of aliphatic imine (C=N–C) groups is 1. The standard InChI is InChI=1S/C22H24F4N8O4/c1-20(10-37-21(2,18(28)33-20)22(24,25)26)14-11(23)4-5-13(30-14)31-19(35)38-17-15(27)32-16-12(29-17)6-7-34(16)8-9-36-3/h4-7H,8-10H2,1-3H3,(H2,27,32)(H2,28,33)(H,30,31,35)/t20-,21+/m0/s1. The van der Waals surface area contributed by atoms with Crippen LogP contribution in [0.2, 0.25) is 0 Å². The van der Waals surface area contributed by atoms with Crippen LogP contribution in [0, 0.1) is 5.82 Å². The highest BCUT2D eigenvalue weighted by Crippen LogP contribution is 2.41. The average Bonchev–Trinajstić information content (AvgIpc) is 3.22. The molecule has 0 radical (unpaired) electrons. The maximum atomic E-state index is 14.7. The van der Waals surface area contributed by atoms with Crippen molar-refractivity contribution in [3.63, 3.8) is 0 Å². The number of nitrogens with one attached hydrogen (secondary N) is 1. The van der Waals surface area contributed by atoms with Crippen LogP contribution in [0.4, 0.5) is 34.0 Å². The van der Waals surface area contributed by atoms with Gasteiger partial charge in [0.2, 0.25) is 5.60 Å². The summed E-state index contributed by atoms with van der Waals surface area (Å²) in [5.41, 5.74) is 7.40. The lowest BCUT2D eigenvalue weighted by Crippen LogP contribution is -2.60. The van der Waals surface area contributed by atoms with Crippen molar-refractivity contribution in [1.29, 1.82) is 0 Å². The molecule has 1 aliphatic heterocycles.